The van der Waals surface area contributed by atoms with Crippen LogP contribution in [0, 0.1) is 0 Å². The first-order valence-corrected chi connectivity index (χ1v) is 13.9. The van der Waals surface area contributed by atoms with Gasteiger partial charge in [0.2, 0.25) is 0 Å². The Bertz CT molecular complexity index is 767. The molecule has 0 bridgehead atoms. The summed E-state index contributed by atoms with van der Waals surface area (Å²) in [5.74, 6) is 1.01. The number of aromatic nitrogens is 2. The SMILES string of the molecule is CCCCCCCCCCCCc1ccc(-c2ncc(OCC(F)CC(F)CCCC)cn2)cc1. The van der Waals surface area contributed by atoms with Gasteiger partial charge in [-0.25, -0.2) is 18.7 Å². The zero-order valence-corrected chi connectivity index (χ0v) is 22.0. The third kappa shape index (κ3) is 13.0. The summed E-state index contributed by atoms with van der Waals surface area (Å²) in [6.07, 6.45) is 17.3. The van der Waals surface area contributed by atoms with E-state index in [-0.39, 0.29) is 13.0 Å². The standard InChI is InChI=1S/C30H46F2N2O/c1-3-5-7-8-9-10-11-12-13-14-15-25-17-19-26(20-18-25)30-33-22-29(23-34-30)35-24-28(32)21-27(31)16-6-4-2/h17-20,22-23,27-28H,3-16,21,24H2,1-2H3. The first kappa shape index (κ1) is 29.2. The van der Waals surface area contributed by atoms with Crippen LogP contribution < -0.4 is 4.74 Å². The Kier molecular flexibility index (Phi) is 15.2. The van der Waals surface area contributed by atoms with Crippen LogP contribution in [-0.4, -0.2) is 28.9 Å². The number of nitrogens with zero attached hydrogens (tertiary/aromatic N) is 2. The van der Waals surface area contributed by atoms with E-state index in [1.165, 1.54) is 69.8 Å². The third-order valence-electron chi connectivity index (χ3n) is 6.47. The highest BCUT2D eigenvalue weighted by Crippen LogP contribution is 2.20. The molecule has 0 radical (unpaired) electrons. The van der Waals surface area contributed by atoms with Gasteiger partial charge < -0.3 is 4.74 Å². The van der Waals surface area contributed by atoms with Crippen LogP contribution in [0.3, 0.4) is 0 Å². The third-order valence-corrected chi connectivity index (χ3v) is 6.47. The lowest BCUT2D eigenvalue weighted by atomic mass is 10.0. The highest BCUT2D eigenvalue weighted by atomic mass is 19.1. The summed E-state index contributed by atoms with van der Waals surface area (Å²) in [6, 6.07) is 8.40. The number of hydrogen-bond acceptors (Lipinski definition) is 3. The first-order chi connectivity index (χ1) is 17.1. The van der Waals surface area contributed by atoms with Crippen molar-refractivity contribution in [1.82, 2.24) is 9.97 Å². The van der Waals surface area contributed by atoms with E-state index in [9.17, 15) is 8.78 Å². The van der Waals surface area contributed by atoms with Crippen molar-refractivity contribution >= 4 is 0 Å². The molecule has 5 heteroatoms. The van der Waals surface area contributed by atoms with Gasteiger partial charge in [-0.1, -0.05) is 109 Å². The Morgan fingerprint density at radius 1 is 0.714 bits per heavy atom. The van der Waals surface area contributed by atoms with Gasteiger partial charge in [0.1, 0.15) is 19.0 Å². The maximum Gasteiger partial charge on any atom is 0.159 e. The van der Waals surface area contributed by atoms with Crippen molar-refractivity contribution in [3.8, 4) is 17.1 Å². The Labute approximate surface area is 212 Å². The van der Waals surface area contributed by atoms with Crippen molar-refractivity contribution in [2.45, 2.75) is 123 Å². The van der Waals surface area contributed by atoms with Gasteiger partial charge in [0, 0.05) is 12.0 Å². The molecule has 196 valence electrons. The van der Waals surface area contributed by atoms with Gasteiger partial charge in [0.15, 0.2) is 11.6 Å². The maximum absolute atomic E-state index is 14.0. The number of alkyl halides is 2. The minimum atomic E-state index is -1.33. The van der Waals surface area contributed by atoms with Crippen LogP contribution >= 0.6 is 0 Å². The molecule has 2 rings (SSSR count). The van der Waals surface area contributed by atoms with Gasteiger partial charge in [-0.05, 0) is 24.8 Å². The van der Waals surface area contributed by atoms with E-state index in [1.54, 1.807) is 12.4 Å². The van der Waals surface area contributed by atoms with E-state index in [2.05, 4.69) is 41.2 Å². The predicted molar refractivity (Wildman–Crippen MR) is 142 cm³/mol. The van der Waals surface area contributed by atoms with Crippen LogP contribution in [0.15, 0.2) is 36.7 Å². The Hall–Kier alpha value is -2.04. The number of unbranched alkanes of at least 4 members (excludes halogenated alkanes) is 10. The topological polar surface area (TPSA) is 35.0 Å². The summed E-state index contributed by atoms with van der Waals surface area (Å²) in [5, 5.41) is 0. The quantitative estimate of drug-likeness (QED) is 0.174. The highest BCUT2D eigenvalue weighted by Gasteiger charge is 2.16. The van der Waals surface area contributed by atoms with Crippen molar-refractivity contribution in [1.29, 1.82) is 0 Å². The summed E-state index contributed by atoms with van der Waals surface area (Å²) >= 11 is 0. The van der Waals surface area contributed by atoms with Crippen molar-refractivity contribution in [2.75, 3.05) is 6.61 Å². The molecule has 0 amide bonds. The van der Waals surface area contributed by atoms with Gasteiger partial charge >= 0.3 is 0 Å². The second kappa shape index (κ2) is 18.3. The lowest BCUT2D eigenvalue weighted by Gasteiger charge is -2.13. The van der Waals surface area contributed by atoms with E-state index in [0.29, 0.717) is 18.0 Å². The molecule has 0 fully saturated rings. The maximum atomic E-state index is 14.0. The second-order valence-corrected chi connectivity index (χ2v) is 9.75. The Morgan fingerprint density at radius 3 is 1.89 bits per heavy atom. The van der Waals surface area contributed by atoms with E-state index in [1.807, 2.05) is 6.92 Å². The van der Waals surface area contributed by atoms with Crippen LogP contribution in [0.25, 0.3) is 11.4 Å². The average molecular weight is 489 g/mol. The van der Waals surface area contributed by atoms with Crippen molar-refractivity contribution < 1.29 is 13.5 Å². The molecular weight excluding hydrogens is 442 g/mol. The van der Waals surface area contributed by atoms with E-state index < -0.39 is 12.3 Å². The number of benzene rings is 1. The fourth-order valence-electron chi connectivity index (χ4n) is 4.25. The van der Waals surface area contributed by atoms with Crippen molar-refractivity contribution in [3.05, 3.63) is 42.2 Å². The van der Waals surface area contributed by atoms with Crippen LogP contribution in [-0.2, 0) is 6.42 Å². The fourth-order valence-corrected chi connectivity index (χ4v) is 4.25. The van der Waals surface area contributed by atoms with E-state index in [4.69, 9.17) is 4.74 Å². The number of hydrogen-bond donors (Lipinski definition) is 0. The molecule has 1 aromatic heterocycles. The number of rotatable bonds is 20. The van der Waals surface area contributed by atoms with Gasteiger partial charge in [0.05, 0.1) is 12.4 Å². The number of ether oxygens (including phenoxy) is 1. The molecular formula is C30H46F2N2O. The van der Waals surface area contributed by atoms with Gasteiger partial charge in [-0.2, -0.15) is 0 Å². The molecule has 0 spiro atoms. The van der Waals surface area contributed by atoms with Crippen LogP contribution in [0.4, 0.5) is 8.78 Å². The molecule has 0 aliphatic carbocycles. The average Bonchev–Trinajstić information content (AvgIpc) is 2.88. The highest BCUT2D eigenvalue weighted by molar-refractivity contribution is 5.55. The zero-order chi connectivity index (χ0) is 25.1. The molecule has 1 heterocycles. The van der Waals surface area contributed by atoms with E-state index >= 15 is 0 Å². The van der Waals surface area contributed by atoms with E-state index in [0.717, 1.165) is 24.8 Å². The first-order valence-electron chi connectivity index (χ1n) is 13.9. The largest absolute Gasteiger partial charge is 0.487 e. The van der Waals surface area contributed by atoms with Crippen LogP contribution in [0.1, 0.15) is 109 Å². The number of aryl methyl sites for hydroxylation is 1. The zero-order valence-electron chi connectivity index (χ0n) is 22.0. The Balaban J connectivity index is 1.64. The van der Waals surface area contributed by atoms with Gasteiger partial charge in [-0.3, -0.25) is 0 Å². The molecule has 2 aromatic rings. The molecule has 2 unspecified atom stereocenters. The lowest BCUT2D eigenvalue weighted by molar-refractivity contribution is 0.146. The number of halogens is 2. The molecule has 2 atom stereocenters. The molecule has 1 aromatic carbocycles. The smallest absolute Gasteiger partial charge is 0.159 e. The molecule has 0 aliphatic heterocycles. The predicted octanol–water partition coefficient (Wildman–Crippen LogP) is 9.24. The molecule has 0 aliphatic rings. The summed E-state index contributed by atoms with van der Waals surface area (Å²) in [4.78, 5) is 8.71. The summed E-state index contributed by atoms with van der Waals surface area (Å²) < 4.78 is 33.1. The summed E-state index contributed by atoms with van der Waals surface area (Å²) in [6.45, 7) is 4.09. The van der Waals surface area contributed by atoms with Crippen LogP contribution in [0.5, 0.6) is 5.75 Å². The molecule has 35 heavy (non-hydrogen) atoms. The second-order valence-electron chi connectivity index (χ2n) is 9.75. The molecule has 0 saturated heterocycles. The summed E-state index contributed by atoms with van der Waals surface area (Å²) in [5.41, 5.74) is 2.29. The Morgan fingerprint density at radius 2 is 1.29 bits per heavy atom. The molecule has 3 nitrogen and oxygen atoms in total. The van der Waals surface area contributed by atoms with Crippen LogP contribution in [0.2, 0.25) is 0 Å². The molecule has 0 saturated carbocycles. The van der Waals surface area contributed by atoms with Crippen molar-refractivity contribution in [2.24, 2.45) is 0 Å². The summed E-state index contributed by atoms with van der Waals surface area (Å²) in [7, 11) is 0. The molecule has 0 N–H and O–H groups in total. The minimum Gasteiger partial charge on any atom is -0.487 e. The fraction of sp³-hybridized carbons (Fsp3) is 0.667. The van der Waals surface area contributed by atoms with Crippen molar-refractivity contribution in [3.63, 3.8) is 0 Å². The monoisotopic (exact) mass is 488 g/mol. The minimum absolute atomic E-state index is 0.121. The van der Waals surface area contributed by atoms with Gasteiger partial charge in [-0.15, -0.1) is 0 Å². The lowest BCUT2D eigenvalue weighted by Crippen LogP contribution is -2.18. The van der Waals surface area contributed by atoms with Gasteiger partial charge in [0.25, 0.3) is 0 Å². The normalized spacial score (nSPS) is 13.0.